The minimum Gasteiger partial charge on any atom is -0.489 e. The number of aromatic amines is 1. The summed E-state index contributed by atoms with van der Waals surface area (Å²) in [5, 5.41) is 0.605. The largest absolute Gasteiger partial charge is 0.489 e. The summed E-state index contributed by atoms with van der Waals surface area (Å²) in [6.07, 6.45) is 4.55. The Balaban J connectivity index is 1.99. The molecule has 0 saturated carbocycles. The van der Waals surface area contributed by atoms with E-state index in [0.29, 0.717) is 24.3 Å². The van der Waals surface area contributed by atoms with Gasteiger partial charge in [-0.05, 0) is 37.1 Å². The molecule has 29 heavy (non-hydrogen) atoms. The quantitative estimate of drug-likeness (QED) is 0.449. The van der Waals surface area contributed by atoms with Crippen LogP contribution >= 0.6 is 0 Å². The molecule has 1 heterocycles. The Morgan fingerprint density at radius 1 is 1.10 bits per heavy atom. The second kappa shape index (κ2) is 9.73. The van der Waals surface area contributed by atoms with Crippen LogP contribution in [0.3, 0.4) is 0 Å². The predicted molar refractivity (Wildman–Crippen MR) is 115 cm³/mol. The molecular weight excluding hydrogens is 366 g/mol. The number of pyridine rings is 1. The van der Waals surface area contributed by atoms with Gasteiger partial charge < -0.3 is 14.5 Å². The number of rotatable bonds is 8. The van der Waals surface area contributed by atoms with Crippen LogP contribution in [0, 0.1) is 0 Å². The number of carbonyl (C=O) groups excluding carboxylic acids is 1. The van der Waals surface area contributed by atoms with Gasteiger partial charge in [0.2, 0.25) is 0 Å². The first-order chi connectivity index (χ1) is 14.1. The number of hydrogen-bond donors (Lipinski definition) is 1. The van der Waals surface area contributed by atoms with Crippen LogP contribution in [0.25, 0.3) is 17.0 Å². The summed E-state index contributed by atoms with van der Waals surface area (Å²) in [5.41, 5.74) is 3.23. The third-order valence-corrected chi connectivity index (χ3v) is 4.51. The maximum absolute atomic E-state index is 12.6. The van der Waals surface area contributed by atoms with Crippen molar-refractivity contribution >= 4 is 22.9 Å². The number of hydrogen-bond acceptors (Lipinski definition) is 4. The third kappa shape index (κ3) is 5.13. The number of benzene rings is 2. The number of esters is 1. The molecule has 150 valence electrons. The van der Waals surface area contributed by atoms with Crippen LogP contribution in [0.2, 0.25) is 0 Å². The average molecular weight is 391 g/mol. The highest BCUT2D eigenvalue weighted by atomic mass is 16.5. The van der Waals surface area contributed by atoms with Gasteiger partial charge in [0.05, 0.1) is 12.1 Å². The minimum absolute atomic E-state index is 0.103. The van der Waals surface area contributed by atoms with Gasteiger partial charge in [-0.2, -0.15) is 0 Å². The minimum atomic E-state index is -0.442. The highest BCUT2D eigenvalue weighted by Gasteiger charge is 2.12. The molecule has 3 rings (SSSR count). The van der Waals surface area contributed by atoms with Crippen molar-refractivity contribution < 1.29 is 14.3 Å². The van der Waals surface area contributed by atoms with Crippen molar-refractivity contribution in [3.05, 3.63) is 81.7 Å². The Bertz CT molecular complexity index is 1070. The van der Waals surface area contributed by atoms with Crippen molar-refractivity contribution in [1.82, 2.24) is 4.98 Å². The van der Waals surface area contributed by atoms with Gasteiger partial charge in [0, 0.05) is 28.8 Å². The summed E-state index contributed by atoms with van der Waals surface area (Å²) in [7, 11) is 0. The van der Waals surface area contributed by atoms with Gasteiger partial charge in [0.15, 0.2) is 5.43 Å². The Kier molecular flexibility index (Phi) is 6.85. The zero-order valence-corrected chi connectivity index (χ0v) is 16.7. The first-order valence-corrected chi connectivity index (χ1v) is 9.82. The molecule has 0 fully saturated rings. The van der Waals surface area contributed by atoms with Crippen LogP contribution < -0.4 is 10.2 Å². The summed E-state index contributed by atoms with van der Waals surface area (Å²) >= 11 is 0. The first kappa shape index (κ1) is 20.4. The molecule has 0 aliphatic rings. The van der Waals surface area contributed by atoms with E-state index in [2.05, 4.69) is 11.9 Å². The van der Waals surface area contributed by atoms with Crippen LogP contribution in [-0.4, -0.2) is 17.6 Å². The highest BCUT2D eigenvalue weighted by Crippen LogP contribution is 2.28. The molecule has 5 nitrogen and oxygen atoms in total. The van der Waals surface area contributed by atoms with Crippen LogP contribution in [-0.2, 0) is 22.6 Å². The van der Waals surface area contributed by atoms with E-state index in [9.17, 15) is 9.59 Å². The molecule has 1 aromatic heterocycles. The zero-order chi connectivity index (χ0) is 20.6. The second-order valence-electron chi connectivity index (χ2n) is 6.66. The van der Waals surface area contributed by atoms with E-state index < -0.39 is 5.97 Å². The summed E-state index contributed by atoms with van der Waals surface area (Å²) in [6.45, 7) is 4.59. The molecule has 0 atom stereocenters. The summed E-state index contributed by atoms with van der Waals surface area (Å²) in [5.74, 6) is 0.313. The summed E-state index contributed by atoms with van der Waals surface area (Å²) in [6, 6.07) is 15.1. The lowest BCUT2D eigenvalue weighted by atomic mass is 10.0. The van der Waals surface area contributed by atoms with E-state index in [1.54, 1.807) is 19.1 Å². The summed E-state index contributed by atoms with van der Waals surface area (Å²) in [4.78, 5) is 27.5. The van der Waals surface area contributed by atoms with Crippen LogP contribution in [0.4, 0.5) is 0 Å². The molecule has 0 bridgehead atoms. The standard InChI is InChI=1S/C24H25NO4/c1-3-8-20-22(29-16-17-9-6-5-7-10-17)13-12-19-21(26)15-18(25-24(19)20)11-14-23(27)28-4-2/h5-7,9-15H,3-4,8,16H2,1-2H3,(H,25,26)/b14-11+. The van der Waals surface area contributed by atoms with Gasteiger partial charge in [-0.25, -0.2) is 4.79 Å². The second-order valence-corrected chi connectivity index (χ2v) is 6.66. The van der Waals surface area contributed by atoms with E-state index in [4.69, 9.17) is 9.47 Å². The Morgan fingerprint density at radius 3 is 2.62 bits per heavy atom. The van der Waals surface area contributed by atoms with Gasteiger partial charge in [-0.3, -0.25) is 4.79 Å². The lowest BCUT2D eigenvalue weighted by Gasteiger charge is -2.14. The normalized spacial score (nSPS) is 11.1. The fourth-order valence-electron chi connectivity index (χ4n) is 3.18. The number of carbonyl (C=O) groups is 1. The molecule has 2 aromatic carbocycles. The van der Waals surface area contributed by atoms with E-state index >= 15 is 0 Å². The number of H-pyrrole nitrogens is 1. The topological polar surface area (TPSA) is 68.4 Å². The number of aryl methyl sites for hydroxylation is 1. The molecular formula is C24H25NO4. The lowest BCUT2D eigenvalue weighted by molar-refractivity contribution is -0.137. The number of fused-ring (bicyclic) bond motifs is 1. The Morgan fingerprint density at radius 2 is 1.90 bits per heavy atom. The molecule has 0 amide bonds. The van der Waals surface area contributed by atoms with Crippen LogP contribution in [0.1, 0.15) is 37.1 Å². The van der Waals surface area contributed by atoms with Crippen molar-refractivity contribution in [3.63, 3.8) is 0 Å². The fourth-order valence-corrected chi connectivity index (χ4v) is 3.18. The fraction of sp³-hybridized carbons (Fsp3) is 0.250. The number of aromatic nitrogens is 1. The molecule has 0 radical (unpaired) electrons. The summed E-state index contributed by atoms with van der Waals surface area (Å²) < 4.78 is 11.0. The van der Waals surface area contributed by atoms with Gasteiger partial charge in [0.25, 0.3) is 0 Å². The van der Waals surface area contributed by atoms with Gasteiger partial charge in [-0.15, -0.1) is 0 Å². The molecule has 0 aliphatic heterocycles. The first-order valence-electron chi connectivity index (χ1n) is 9.82. The van der Waals surface area contributed by atoms with Gasteiger partial charge >= 0.3 is 5.97 Å². The lowest BCUT2D eigenvalue weighted by Crippen LogP contribution is -2.07. The van der Waals surface area contributed by atoms with Crippen molar-refractivity contribution in [3.8, 4) is 5.75 Å². The average Bonchev–Trinajstić information content (AvgIpc) is 2.73. The molecule has 1 N–H and O–H groups in total. The number of nitrogens with one attached hydrogen (secondary N) is 1. The predicted octanol–water partition coefficient (Wildman–Crippen LogP) is 4.64. The van der Waals surface area contributed by atoms with E-state index in [1.807, 2.05) is 36.4 Å². The monoisotopic (exact) mass is 391 g/mol. The SMILES string of the molecule is CCCc1c(OCc2ccccc2)ccc2c(=O)cc(/C=C/C(=O)OCC)[nH]c12. The maximum Gasteiger partial charge on any atom is 0.330 e. The molecule has 0 aliphatic carbocycles. The van der Waals surface area contributed by atoms with Gasteiger partial charge in [0.1, 0.15) is 12.4 Å². The zero-order valence-electron chi connectivity index (χ0n) is 16.7. The van der Waals surface area contributed by atoms with Gasteiger partial charge in [-0.1, -0.05) is 43.7 Å². The van der Waals surface area contributed by atoms with Crippen molar-refractivity contribution in [2.24, 2.45) is 0 Å². The molecule has 0 spiro atoms. The molecule has 5 heteroatoms. The Hall–Kier alpha value is -3.34. The Labute approximate surface area is 170 Å². The van der Waals surface area contributed by atoms with E-state index in [1.165, 1.54) is 12.1 Å². The van der Waals surface area contributed by atoms with Crippen molar-refractivity contribution in [1.29, 1.82) is 0 Å². The molecule has 3 aromatic rings. The maximum atomic E-state index is 12.6. The van der Waals surface area contributed by atoms with E-state index in [-0.39, 0.29) is 5.43 Å². The van der Waals surface area contributed by atoms with Crippen LogP contribution in [0.5, 0.6) is 5.75 Å². The smallest absolute Gasteiger partial charge is 0.330 e. The molecule has 0 saturated heterocycles. The van der Waals surface area contributed by atoms with Crippen molar-refractivity contribution in [2.45, 2.75) is 33.3 Å². The van der Waals surface area contributed by atoms with E-state index in [0.717, 1.165) is 35.2 Å². The number of ether oxygens (including phenoxy) is 2. The highest BCUT2D eigenvalue weighted by molar-refractivity contribution is 5.88. The third-order valence-electron chi connectivity index (χ3n) is 4.51. The van der Waals surface area contributed by atoms with Crippen molar-refractivity contribution in [2.75, 3.05) is 6.61 Å². The molecule has 0 unspecified atom stereocenters. The van der Waals surface area contributed by atoms with Crippen LogP contribution in [0.15, 0.2) is 59.4 Å².